The molecule has 0 spiro atoms. The van der Waals surface area contributed by atoms with E-state index in [9.17, 15) is 35.8 Å². The number of para-hydroxylation sites is 1. The van der Waals surface area contributed by atoms with Crippen molar-refractivity contribution in [3.63, 3.8) is 0 Å². The lowest BCUT2D eigenvalue weighted by Gasteiger charge is -2.27. The van der Waals surface area contributed by atoms with Gasteiger partial charge in [0.1, 0.15) is 5.69 Å². The van der Waals surface area contributed by atoms with Gasteiger partial charge in [0.25, 0.3) is 0 Å². The highest BCUT2D eigenvalue weighted by Crippen LogP contribution is 2.43. The number of hydrogen-bond donors (Lipinski definition) is 3. The zero-order valence-corrected chi connectivity index (χ0v) is 15.7. The van der Waals surface area contributed by atoms with Crippen molar-refractivity contribution in [2.75, 3.05) is 8.61 Å². The fourth-order valence-electron chi connectivity index (χ4n) is 2.55. The van der Waals surface area contributed by atoms with Crippen molar-refractivity contribution in [2.24, 2.45) is 0 Å². The van der Waals surface area contributed by atoms with Crippen molar-refractivity contribution in [1.82, 2.24) is 0 Å². The molecule has 0 saturated heterocycles. The minimum Gasteiger partial charge on any atom is -0.478 e. The fraction of sp³-hybridized carbons (Fsp3) is 0. The summed E-state index contributed by atoms with van der Waals surface area (Å²) in [6.07, 6.45) is 2.12. The number of carboxylic acid groups (broad SMARTS) is 1. The van der Waals surface area contributed by atoms with E-state index in [2.05, 4.69) is 0 Å². The number of benzene rings is 1. The average molecular weight is 444 g/mol. The Hall–Kier alpha value is -3.33. The number of anilines is 4. The smallest absolute Gasteiger partial charge is 0.366 e. The second kappa shape index (κ2) is 7.25. The summed E-state index contributed by atoms with van der Waals surface area (Å²) in [7, 11) is -10.4. The van der Waals surface area contributed by atoms with Crippen molar-refractivity contribution in [3.8, 4) is 0 Å². The maximum Gasteiger partial charge on any atom is 0.366 e. The molecule has 3 rings (SSSR count). The van der Waals surface area contributed by atoms with Crippen LogP contribution in [0.4, 0.5) is 23.1 Å². The van der Waals surface area contributed by atoms with E-state index in [1.165, 1.54) is 12.1 Å². The molecule has 12 nitrogen and oxygen atoms in total. The first-order valence-corrected chi connectivity index (χ1v) is 10.3. The number of carbonyl (C=O) groups is 1. The highest BCUT2D eigenvalue weighted by molar-refractivity contribution is 7.88. The zero-order chi connectivity index (χ0) is 21.4. The number of carboxylic acids is 1. The molecule has 0 fully saturated rings. The minimum absolute atomic E-state index is 0.0763. The molecule has 0 saturated carbocycles. The molecule has 0 atom stereocenters. The van der Waals surface area contributed by atoms with E-state index in [0.29, 0.717) is 0 Å². The molecule has 0 aliphatic carbocycles. The van der Waals surface area contributed by atoms with Crippen LogP contribution in [0.5, 0.6) is 0 Å². The maximum atomic E-state index is 12.1. The standard InChI is InChI=1S/C15H12N2O10S2/c18-15(19)10-4-1-5-11(16(28(20,21)22)12-6-2-8-26-12)14(10)17(29(23,24)25)13-7-3-9-27-13/h1-9H,(H,18,19)(H,20,21,22)(H,23,24,25). The van der Waals surface area contributed by atoms with E-state index < -0.39 is 55.3 Å². The van der Waals surface area contributed by atoms with Crippen LogP contribution < -0.4 is 8.61 Å². The van der Waals surface area contributed by atoms with Gasteiger partial charge in [0.15, 0.2) is 0 Å². The number of hydrogen-bond acceptors (Lipinski definition) is 7. The van der Waals surface area contributed by atoms with Crippen LogP contribution in [0, 0.1) is 0 Å². The predicted molar refractivity (Wildman–Crippen MR) is 98.2 cm³/mol. The van der Waals surface area contributed by atoms with E-state index in [1.807, 2.05) is 0 Å². The van der Waals surface area contributed by atoms with Crippen LogP contribution in [0.3, 0.4) is 0 Å². The topological polar surface area (TPSA) is 179 Å². The zero-order valence-electron chi connectivity index (χ0n) is 14.1. The summed E-state index contributed by atoms with van der Waals surface area (Å²) in [6, 6.07) is 7.81. The molecule has 0 aliphatic rings. The number of rotatable bonds is 7. The Bertz CT molecular complexity index is 1230. The monoisotopic (exact) mass is 444 g/mol. The normalized spacial score (nSPS) is 11.9. The summed E-state index contributed by atoms with van der Waals surface area (Å²) in [5.41, 5.74) is -2.21. The summed E-state index contributed by atoms with van der Waals surface area (Å²) in [5, 5.41) is 9.53. The highest BCUT2D eigenvalue weighted by Gasteiger charge is 2.36. The maximum absolute atomic E-state index is 12.1. The quantitative estimate of drug-likeness (QED) is 0.458. The lowest BCUT2D eigenvalue weighted by Crippen LogP contribution is -2.31. The molecule has 0 amide bonds. The SMILES string of the molecule is O=C(O)c1cccc(N(c2ccco2)S(=O)(=O)O)c1N(c1ccco1)S(=O)(=O)O. The second-order valence-electron chi connectivity index (χ2n) is 5.37. The molecule has 2 heterocycles. The molecule has 0 unspecified atom stereocenters. The van der Waals surface area contributed by atoms with Gasteiger partial charge in [0, 0.05) is 12.1 Å². The van der Waals surface area contributed by atoms with Crippen LogP contribution in [0.1, 0.15) is 10.4 Å². The van der Waals surface area contributed by atoms with Crippen molar-refractivity contribution in [3.05, 3.63) is 60.6 Å². The van der Waals surface area contributed by atoms with E-state index in [1.54, 1.807) is 0 Å². The summed E-state index contributed by atoms with van der Waals surface area (Å²) < 4.78 is 77.9. The third-order valence-corrected chi connectivity index (χ3v) is 5.20. The minimum atomic E-state index is -5.22. The second-order valence-corrected chi connectivity index (χ2v) is 7.89. The van der Waals surface area contributed by atoms with Gasteiger partial charge in [-0.05, 0) is 24.3 Å². The van der Waals surface area contributed by atoms with E-state index >= 15 is 0 Å². The summed E-state index contributed by atoms with van der Waals surface area (Å²) in [6.45, 7) is 0. The summed E-state index contributed by atoms with van der Waals surface area (Å²) in [4.78, 5) is 11.7. The van der Waals surface area contributed by atoms with Gasteiger partial charge in [-0.2, -0.15) is 25.4 Å². The number of furan rings is 2. The molecule has 2 aromatic heterocycles. The van der Waals surface area contributed by atoms with Crippen molar-refractivity contribution >= 4 is 49.7 Å². The van der Waals surface area contributed by atoms with Gasteiger partial charge in [-0.1, -0.05) is 6.07 Å². The molecule has 0 bridgehead atoms. The van der Waals surface area contributed by atoms with Crippen LogP contribution >= 0.6 is 0 Å². The molecule has 3 N–H and O–H groups in total. The highest BCUT2D eigenvalue weighted by atomic mass is 32.2. The summed E-state index contributed by atoms with van der Waals surface area (Å²) in [5.74, 6) is -2.68. The third-order valence-electron chi connectivity index (χ3n) is 3.54. The molecular formula is C15H12N2O10S2. The van der Waals surface area contributed by atoms with Gasteiger partial charge in [0.2, 0.25) is 11.8 Å². The van der Waals surface area contributed by atoms with Gasteiger partial charge >= 0.3 is 26.6 Å². The largest absolute Gasteiger partial charge is 0.478 e. The van der Waals surface area contributed by atoms with Gasteiger partial charge in [-0.3, -0.25) is 9.11 Å². The van der Waals surface area contributed by atoms with E-state index in [0.717, 1.165) is 42.9 Å². The molecule has 1 aromatic carbocycles. The van der Waals surface area contributed by atoms with Crippen LogP contribution in [0.15, 0.2) is 63.8 Å². The molecule has 154 valence electrons. The third kappa shape index (κ3) is 3.95. The van der Waals surface area contributed by atoms with E-state index in [-0.39, 0.29) is 8.61 Å². The Kier molecular flexibility index (Phi) is 5.10. The molecule has 3 aromatic rings. The molecular weight excluding hydrogens is 432 g/mol. The molecule has 29 heavy (non-hydrogen) atoms. The van der Waals surface area contributed by atoms with Gasteiger partial charge < -0.3 is 13.9 Å². The van der Waals surface area contributed by atoms with Crippen molar-refractivity contribution < 1.29 is 44.7 Å². The van der Waals surface area contributed by atoms with Crippen LogP contribution in [-0.4, -0.2) is 37.0 Å². The molecule has 14 heteroatoms. The lowest BCUT2D eigenvalue weighted by molar-refractivity contribution is 0.0698. The van der Waals surface area contributed by atoms with Crippen LogP contribution in [0.2, 0.25) is 0 Å². The van der Waals surface area contributed by atoms with Crippen LogP contribution in [-0.2, 0) is 20.6 Å². The predicted octanol–water partition coefficient (Wildman–Crippen LogP) is 2.45. The first-order valence-electron chi connectivity index (χ1n) is 7.50. The van der Waals surface area contributed by atoms with Crippen molar-refractivity contribution in [2.45, 2.75) is 0 Å². The first-order chi connectivity index (χ1) is 13.5. The Morgan fingerprint density at radius 3 is 1.72 bits per heavy atom. The lowest BCUT2D eigenvalue weighted by atomic mass is 10.1. The Labute approximate surface area is 164 Å². The molecule has 0 aliphatic heterocycles. The van der Waals surface area contributed by atoms with E-state index in [4.69, 9.17) is 8.83 Å². The number of nitrogens with zero attached hydrogens (tertiary/aromatic N) is 2. The first kappa shape index (κ1) is 20.4. The van der Waals surface area contributed by atoms with Crippen molar-refractivity contribution in [1.29, 1.82) is 0 Å². The Morgan fingerprint density at radius 1 is 0.793 bits per heavy atom. The van der Waals surface area contributed by atoms with Gasteiger partial charge in [0.05, 0.1) is 23.8 Å². The number of aromatic carboxylic acids is 1. The average Bonchev–Trinajstić information content (AvgIpc) is 3.27. The van der Waals surface area contributed by atoms with Gasteiger partial charge in [-0.15, -0.1) is 0 Å². The fourth-order valence-corrected chi connectivity index (χ4v) is 4.03. The van der Waals surface area contributed by atoms with Gasteiger partial charge in [-0.25, -0.2) is 4.79 Å². The summed E-state index contributed by atoms with van der Waals surface area (Å²) >= 11 is 0. The Morgan fingerprint density at radius 2 is 1.31 bits per heavy atom. The molecule has 0 radical (unpaired) electrons. The Balaban J connectivity index is 2.44. The van der Waals surface area contributed by atoms with Crippen LogP contribution in [0.25, 0.3) is 0 Å².